The second kappa shape index (κ2) is 8.50. The average molecular weight is 401 g/mol. The zero-order valence-corrected chi connectivity index (χ0v) is 16.7. The SMILES string of the molecule is N#Cc1ccc(N2C(=O)CC(N(C(=O)Cc3ccccc3)C3CCCC3)C2=O)cc1. The van der Waals surface area contributed by atoms with Crippen molar-refractivity contribution in [2.24, 2.45) is 0 Å². The minimum absolute atomic E-state index is 0.00410. The number of amides is 3. The summed E-state index contributed by atoms with van der Waals surface area (Å²) in [4.78, 5) is 42.1. The molecule has 1 saturated carbocycles. The monoisotopic (exact) mass is 401 g/mol. The Labute approximate surface area is 175 Å². The zero-order chi connectivity index (χ0) is 21.1. The summed E-state index contributed by atoms with van der Waals surface area (Å²) >= 11 is 0. The maximum Gasteiger partial charge on any atom is 0.257 e. The Morgan fingerprint density at radius 3 is 2.33 bits per heavy atom. The lowest BCUT2D eigenvalue weighted by Crippen LogP contribution is -2.50. The van der Waals surface area contributed by atoms with Crippen LogP contribution in [-0.4, -0.2) is 34.7 Å². The Balaban J connectivity index is 1.60. The van der Waals surface area contributed by atoms with Gasteiger partial charge >= 0.3 is 0 Å². The van der Waals surface area contributed by atoms with Crippen LogP contribution >= 0.6 is 0 Å². The number of rotatable bonds is 5. The van der Waals surface area contributed by atoms with Crippen molar-refractivity contribution in [2.75, 3.05) is 4.90 Å². The summed E-state index contributed by atoms with van der Waals surface area (Å²) in [5, 5.41) is 8.97. The molecule has 1 aliphatic heterocycles. The van der Waals surface area contributed by atoms with Crippen molar-refractivity contribution in [1.29, 1.82) is 5.26 Å². The first-order valence-electron chi connectivity index (χ1n) is 10.3. The quantitative estimate of drug-likeness (QED) is 0.721. The van der Waals surface area contributed by atoms with Crippen LogP contribution in [0.5, 0.6) is 0 Å². The van der Waals surface area contributed by atoms with Gasteiger partial charge in [-0.2, -0.15) is 5.26 Å². The van der Waals surface area contributed by atoms with Crippen LogP contribution in [0.1, 0.15) is 43.2 Å². The number of benzene rings is 2. The average Bonchev–Trinajstić information content (AvgIpc) is 3.38. The number of hydrogen-bond acceptors (Lipinski definition) is 4. The first-order valence-corrected chi connectivity index (χ1v) is 10.3. The van der Waals surface area contributed by atoms with Gasteiger partial charge in [0.2, 0.25) is 11.8 Å². The molecule has 152 valence electrons. The molecule has 1 heterocycles. The molecule has 0 aromatic heterocycles. The molecule has 4 rings (SSSR count). The lowest BCUT2D eigenvalue weighted by atomic mass is 10.1. The van der Waals surface area contributed by atoms with Crippen LogP contribution in [0, 0.1) is 11.3 Å². The highest BCUT2D eigenvalue weighted by Crippen LogP contribution is 2.32. The number of anilines is 1. The molecular formula is C24H23N3O3. The Bertz CT molecular complexity index is 989. The lowest BCUT2D eigenvalue weighted by molar-refractivity contribution is -0.140. The van der Waals surface area contributed by atoms with Crippen LogP contribution in [0.4, 0.5) is 5.69 Å². The minimum Gasteiger partial charge on any atom is -0.327 e. The Morgan fingerprint density at radius 1 is 1.03 bits per heavy atom. The molecule has 2 fully saturated rings. The Hall–Kier alpha value is -3.46. The predicted octanol–water partition coefficient (Wildman–Crippen LogP) is 3.20. The van der Waals surface area contributed by atoms with Crippen LogP contribution < -0.4 is 4.90 Å². The van der Waals surface area contributed by atoms with Gasteiger partial charge in [0, 0.05) is 6.04 Å². The molecule has 3 amide bonds. The van der Waals surface area contributed by atoms with Crippen LogP contribution in [0.3, 0.4) is 0 Å². The van der Waals surface area contributed by atoms with Gasteiger partial charge in [0.1, 0.15) is 6.04 Å². The number of carbonyl (C=O) groups excluding carboxylic acids is 3. The van der Waals surface area contributed by atoms with Crippen molar-refractivity contribution in [3.8, 4) is 6.07 Å². The molecule has 6 nitrogen and oxygen atoms in total. The molecule has 1 unspecified atom stereocenters. The van der Waals surface area contributed by atoms with Crippen molar-refractivity contribution in [3.05, 3.63) is 65.7 Å². The topological polar surface area (TPSA) is 81.5 Å². The molecule has 6 heteroatoms. The van der Waals surface area contributed by atoms with Crippen LogP contribution in [0.15, 0.2) is 54.6 Å². The summed E-state index contributed by atoms with van der Waals surface area (Å²) in [7, 11) is 0. The first kappa shape index (κ1) is 19.8. The third-order valence-electron chi connectivity index (χ3n) is 5.92. The molecule has 1 saturated heterocycles. The molecule has 30 heavy (non-hydrogen) atoms. The summed E-state index contributed by atoms with van der Waals surface area (Å²) in [6.07, 6.45) is 3.97. The van der Waals surface area contributed by atoms with E-state index in [0.29, 0.717) is 11.3 Å². The summed E-state index contributed by atoms with van der Waals surface area (Å²) < 4.78 is 0. The number of carbonyl (C=O) groups is 3. The van der Waals surface area contributed by atoms with Crippen LogP contribution in [0.25, 0.3) is 0 Å². The van der Waals surface area contributed by atoms with Crippen molar-refractivity contribution in [1.82, 2.24) is 4.90 Å². The van der Waals surface area contributed by atoms with Crippen molar-refractivity contribution < 1.29 is 14.4 Å². The van der Waals surface area contributed by atoms with E-state index in [4.69, 9.17) is 5.26 Å². The molecular weight excluding hydrogens is 378 g/mol. The van der Waals surface area contributed by atoms with E-state index < -0.39 is 6.04 Å². The highest BCUT2D eigenvalue weighted by atomic mass is 16.2. The number of nitrogens with zero attached hydrogens (tertiary/aromatic N) is 3. The van der Waals surface area contributed by atoms with E-state index in [2.05, 4.69) is 0 Å². The molecule has 1 atom stereocenters. The van der Waals surface area contributed by atoms with Gasteiger partial charge in [-0.3, -0.25) is 14.4 Å². The molecule has 0 bridgehead atoms. The van der Waals surface area contributed by atoms with Gasteiger partial charge in [-0.25, -0.2) is 4.90 Å². The van der Waals surface area contributed by atoms with E-state index in [1.165, 1.54) is 0 Å². The molecule has 1 aliphatic carbocycles. The highest BCUT2D eigenvalue weighted by Gasteiger charge is 2.46. The third kappa shape index (κ3) is 3.84. The van der Waals surface area contributed by atoms with E-state index in [9.17, 15) is 14.4 Å². The molecule has 2 aromatic rings. The van der Waals surface area contributed by atoms with Crippen molar-refractivity contribution >= 4 is 23.4 Å². The number of hydrogen-bond donors (Lipinski definition) is 0. The summed E-state index contributed by atoms with van der Waals surface area (Å²) in [6, 6.07) is 17.1. The fourth-order valence-electron chi connectivity index (χ4n) is 4.47. The number of imide groups is 1. The minimum atomic E-state index is -0.771. The van der Waals surface area contributed by atoms with E-state index in [0.717, 1.165) is 36.1 Å². The zero-order valence-electron chi connectivity index (χ0n) is 16.7. The van der Waals surface area contributed by atoms with E-state index in [-0.39, 0.29) is 36.6 Å². The normalized spacial score (nSPS) is 19.2. The third-order valence-corrected chi connectivity index (χ3v) is 5.92. The molecule has 0 N–H and O–H groups in total. The van der Waals surface area contributed by atoms with Gasteiger partial charge in [-0.05, 0) is 42.7 Å². The fraction of sp³-hybridized carbons (Fsp3) is 0.333. The molecule has 2 aliphatic rings. The Morgan fingerprint density at radius 2 is 1.70 bits per heavy atom. The van der Waals surface area contributed by atoms with Gasteiger partial charge in [-0.1, -0.05) is 43.2 Å². The fourth-order valence-corrected chi connectivity index (χ4v) is 4.47. The molecule has 0 radical (unpaired) electrons. The smallest absolute Gasteiger partial charge is 0.257 e. The van der Waals surface area contributed by atoms with Gasteiger partial charge in [0.25, 0.3) is 5.91 Å². The van der Waals surface area contributed by atoms with Crippen LogP contribution in [-0.2, 0) is 20.8 Å². The number of nitriles is 1. The van der Waals surface area contributed by atoms with E-state index in [1.807, 2.05) is 36.4 Å². The van der Waals surface area contributed by atoms with Gasteiger partial charge < -0.3 is 4.90 Å². The predicted molar refractivity (Wildman–Crippen MR) is 111 cm³/mol. The standard InChI is InChI=1S/C24H23N3O3/c25-16-18-10-12-20(13-11-18)27-23(29)15-21(24(27)30)26(19-8-4-5-9-19)22(28)14-17-6-2-1-3-7-17/h1-3,6-7,10-13,19,21H,4-5,8-9,14-15H2. The second-order valence-electron chi connectivity index (χ2n) is 7.85. The molecule has 0 spiro atoms. The van der Waals surface area contributed by atoms with E-state index in [1.54, 1.807) is 29.2 Å². The van der Waals surface area contributed by atoms with E-state index >= 15 is 0 Å². The second-order valence-corrected chi connectivity index (χ2v) is 7.85. The highest BCUT2D eigenvalue weighted by molar-refractivity contribution is 6.23. The lowest BCUT2D eigenvalue weighted by Gasteiger charge is -2.33. The largest absolute Gasteiger partial charge is 0.327 e. The summed E-state index contributed by atoms with van der Waals surface area (Å²) in [6.45, 7) is 0. The maximum absolute atomic E-state index is 13.3. The molecule has 2 aromatic carbocycles. The van der Waals surface area contributed by atoms with Gasteiger partial charge in [0.15, 0.2) is 0 Å². The summed E-state index contributed by atoms with van der Waals surface area (Å²) in [5.74, 6) is -0.788. The Kier molecular flexibility index (Phi) is 5.62. The van der Waals surface area contributed by atoms with Gasteiger partial charge in [-0.15, -0.1) is 0 Å². The van der Waals surface area contributed by atoms with Crippen molar-refractivity contribution in [3.63, 3.8) is 0 Å². The maximum atomic E-state index is 13.3. The summed E-state index contributed by atoms with van der Waals surface area (Å²) in [5.41, 5.74) is 1.79. The first-order chi connectivity index (χ1) is 14.6. The van der Waals surface area contributed by atoms with Gasteiger partial charge in [0.05, 0.1) is 30.2 Å². The van der Waals surface area contributed by atoms with Crippen molar-refractivity contribution in [2.45, 2.75) is 50.6 Å². The van der Waals surface area contributed by atoms with Crippen LogP contribution in [0.2, 0.25) is 0 Å².